The van der Waals surface area contributed by atoms with Gasteiger partial charge >= 0.3 is 0 Å². The number of aromatic nitrogens is 1. The van der Waals surface area contributed by atoms with E-state index in [-0.39, 0.29) is 5.91 Å². The van der Waals surface area contributed by atoms with Gasteiger partial charge < -0.3 is 0 Å². The van der Waals surface area contributed by atoms with E-state index in [1.165, 1.54) is 11.8 Å². The van der Waals surface area contributed by atoms with Crippen molar-refractivity contribution in [1.82, 2.24) is 10.4 Å². The summed E-state index contributed by atoms with van der Waals surface area (Å²) in [6.07, 6.45) is 1.64. The molecular formula is C16H13N3OS3. The van der Waals surface area contributed by atoms with Crippen LogP contribution < -0.4 is 5.43 Å². The average Bonchev–Trinajstić information content (AvgIpc) is 3.25. The van der Waals surface area contributed by atoms with Crippen LogP contribution in [-0.4, -0.2) is 22.9 Å². The fourth-order valence-corrected chi connectivity index (χ4v) is 3.97. The molecule has 1 amide bonds. The Hall–Kier alpha value is -1.96. The molecule has 7 heteroatoms. The van der Waals surface area contributed by atoms with E-state index in [0.29, 0.717) is 5.75 Å². The molecule has 4 nitrogen and oxygen atoms in total. The summed E-state index contributed by atoms with van der Waals surface area (Å²) < 4.78 is 0.876. The molecule has 0 aliphatic rings. The third kappa shape index (κ3) is 4.75. The number of carbonyl (C=O) groups is 1. The van der Waals surface area contributed by atoms with Crippen molar-refractivity contribution in [2.75, 3.05) is 5.75 Å². The van der Waals surface area contributed by atoms with Crippen LogP contribution in [0.1, 0.15) is 4.88 Å². The Morgan fingerprint density at radius 1 is 1.22 bits per heavy atom. The number of hydrogen-bond donors (Lipinski definition) is 1. The number of thioether (sulfide) groups is 1. The number of carbonyl (C=O) groups excluding carboxylic acids is 1. The molecule has 0 fully saturated rings. The summed E-state index contributed by atoms with van der Waals surface area (Å²) in [5, 5.41) is 7.90. The highest BCUT2D eigenvalue weighted by molar-refractivity contribution is 8.01. The fourth-order valence-electron chi connectivity index (χ4n) is 1.76. The van der Waals surface area contributed by atoms with Gasteiger partial charge in [-0.05, 0) is 11.4 Å². The maximum Gasteiger partial charge on any atom is 0.250 e. The van der Waals surface area contributed by atoms with Crippen molar-refractivity contribution in [1.29, 1.82) is 0 Å². The van der Waals surface area contributed by atoms with Gasteiger partial charge in [-0.1, -0.05) is 48.2 Å². The van der Waals surface area contributed by atoms with E-state index in [1.54, 1.807) is 28.9 Å². The number of thiophene rings is 1. The molecule has 0 saturated carbocycles. The van der Waals surface area contributed by atoms with Gasteiger partial charge in [0.15, 0.2) is 4.34 Å². The first-order valence-electron chi connectivity index (χ1n) is 6.80. The van der Waals surface area contributed by atoms with E-state index in [1.807, 2.05) is 53.2 Å². The normalized spacial score (nSPS) is 11.0. The van der Waals surface area contributed by atoms with Crippen LogP contribution in [0.2, 0.25) is 0 Å². The molecule has 0 bridgehead atoms. The molecule has 1 N–H and O–H groups in total. The molecule has 0 aliphatic heterocycles. The fraction of sp³-hybridized carbons (Fsp3) is 0.0625. The maximum absolute atomic E-state index is 11.8. The first kappa shape index (κ1) is 15.9. The summed E-state index contributed by atoms with van der Waals surface area (Å²) in [4.78, 5) is 17.3. The minimum Gasteiger partial charge on any atom is -0.272 e. The lowest BCUT2D eigenvalue weighted by atomic mass is 10.2. The monoisotopic (exact) mass is 359 g/mol. The molecular weight excluding hydrogens is 346 g/mol. The molecule has 3 aromatic rings. The SMILES string of the molecule is O=C(CSc1nc(-c2ccccc2)cs1)N/N=C/c1cccs1. The Morgan fingerprint density at radius 3 is 2.87 bits per heavy atom. The number of nitrogens with one attached hydrogen (secondary N) is 1. The Balaban J connectivity index is 1.49. The number of hydrogen-bond acceptors (Lipinski definition) is 6. The highest BCUT2D eigenvalue weighted by atomic mass is 32.2. The van der Waals surface area contributed by atoms with E-state index >= 15 is 0 Å². The summed E-state index contributed by atoms with van der Waals surface area (Å²) >= 11 is 4.53. The zero-order valence-corrected chi connectivity index (χ0v) is 14.5. The third-order valence-electron chi connectivity index (χ3n) is 2.80. The van der Waals surface area contributed by atoms with Gasteiger partial charge in [0.2, 0.25) is 0 Å². The molecule has 3 rings (SSSR count). The van der Waals surface area contributed by atoms with Gasteiger partial charge in [-0.3, -0.25) is 4.79 Å². The highest BCUT2D eigenvalue weighted by Crippen LogP contribution is 2.27. The van der Waals surface area contributed by atoms with Crippen molar-refractivity contribution in [2.24, 2.45) is 5.10 Å². The van der Waals surface area contributed by atoms with Crippen molar-refractivity contribution < 1.29 is 4.79 Å². The van der Waals surface area contributed by atoms with Crippen molar-refractivity contribution in [3.63, 3.8) is 0 Å². The predicted octanol–water partition coefficient (Wildman–Crippen LogP) is 4.11. The molecule has 1 aromatic carbocycles. The minimum absolute atomic E-state index is 0.140. The summed E-state index contributed by atoms with van der Waals surface area (Å²) in [7, 11) is 0. The molecule has 0 aliphatic carbocycles. The van der Waals surface area contributed by atoms with E-state index in [0.717, 1.165) is 20.5 Å². The highest BCUT2D eigenvalue weighted by Gasteiger charge is 2.07. The zero-order valence-electron chi connectivity index (χ0n) is 12.0. The van der Waals surface area contributed by atoms with Gasteiger partial charge in [0.1, 0.15) is 0 Å². The van der Waals surface area contributed by atoms with Gasteiger partial charge in [-0.25, -0.2) is 10.4 Å². The van der Waals surface area contributed by atoms with Crippen molar-refractivity contribution in [3.05, 3.63) is 58.1 Å². The molecule has 0 spiro atoms. The summed E-state index contributed by atoms with van der Waals surface area (Å²) in [5.74, 6) is 0.156. The summed E-state index contributed by atoms with van der Waals surface area (Å²) in [5.41, 5.74) is 4.55. The quantitative estimate of drug-likeness (QED) is 0.409. The molecule has 0 radical (unpaired) electrons. The lowest BCUT2D eigenvalue weighted by Crippen LogP contribution is -2.19. The lowest BCUT2D eigenvalue weighted by molar-refractivity contribution is -0.118. The van der Waals surface area contributed by atoms with Gasteiger partial charge in [0, 0.05) is 15.8 Å². The first-order chi connectivity index (χ1) is 11.3. The number of nitrogens with zero attached hydrogens (tertiary/aromatic N) is 2. The van der Waals surface area contributed by atoms with Crippen molar-refractivity contribution in [3.8, 4) is 11.3 Å². The number of benzene rings is 1. The second kappa shape index (κ2) is 8.05. The molecule has 23 heavy (non-hydrogen) atoms. The smallest absolute Gasteiger partial charge is 0.250 e. The zero-order chi connectivity index (χ0) is 15.9. The largest absolute Gasteiger partial charge is 0.272 e. The maximum atomic E-state index is 11.8. The van der Waals surface area contributed by atoms with Crippen LogP contribution in [0.4, 0.5) is 0 Å². The van der Waals surface area contributed by atoms with Crippen LogP contribution in [0.5, 0.6) is 0 Å². The van der Waals surface area contributed by atoms with E-state index in [2.05, 4.69) is 15.5 Å². The summed E-state index contributed by atoms with van der Waals surface area (Å²) in [6, 6.07) is 13.9. The van der Waals surface area contributed by atoms with Crippen molar-refractivity contribution >= 4 is 46.6 Å². The van der Waals surface area contributed by atoms with Gasteiger partial charge in [-0.15, -0.1) is 22.7 Å². The van der Waals surface area contributed by atoms with Gasteiger partial charge in [-0.2, -0.15) is 5.10 Å². The number of rotatable bonds is 6. The third-order valence-corrected chi connectivity index (χ3v) is 5.63. The molecule has 116 valence electrons. The average molecular weight is 360 g/mol. The van der Waals surface area contributed by atoms with Crippen LogP contribution in [0, 0.1) is 0 Å². The molecule has 2 aromatic heterocycles. The van der Waals surface area contributed by atoms with E-state index in [9.17, 15) is 4.79 Å². The van der Waals surface area contributed by atoms with Crippen LogP contribution in [0.15, 0.2) is 62.7 Å². The van der Waals surface area contributed by atoms with Gasteiger partial charge in [0.25, 0.3) is 5.91 Å². The van der Waals surface area contributed by atoms with Crippen molar-refractivity contribution in [2.45, 2.75) is 4.34 Å². The Labute approximate surface area is 146 Å². The number of thiazole rings is 1. The van der Waals surface area contributed by atoms with Crippen LogP contribution in [0.3, 0.4) is 0 Å². The second-order valence-electron chi connectivity index (χ2n) is 4.46. The van der Waals surface area contributed by atoms with Gasteiger partial charge in [0.05, 0.1) is 17.7 Å². The minimum atomic E-state index is -0.140. The molecule has 2 heterocycles. The Morgan fingerprint density at radius 2 is 2.09 bits per heavy atom. The topological polar surface area (TPSA) is 54.4 Å². The van der Waals surface area contributed by atoms with Crippen LogP contribution in [0.25, 0.3) is 11.3 Å². The predicted molar refractivity (Wildman–Crippen MR) is 98.3 cm³/mol. The lowest BCUT2D eigenvalue weighted by Gasteiger charge is -1.97. The van der Waals surface area contributed by atoms with E-state index < -0.39 is 0 Å². The number of amides is 1. The molecule has 0 atom stereocenters. The molecule has 0 saturated heterocycles. The standard InChI is InChI=1S/C16H13N3OS3/c20-15(19-17-9-13-7-4-8-21-13)11-23-16-18-14(10-22-16)12-5-2-1-3-6-12/h1-10H,11H2,(H,19,20)/b17-9+. The second-order valence-corrected chi connectivity index (χ2v) is 7.52. The Kier molecular flexibility index (Phi) is 5.57. The first-order valence-corrected chi connectivity index (χ1v) is 9.55. The number of hydrazone groups is 1. The molecule has 0 unspecified atom stereocenters. The van der Waals surface area contributed by atoms with Crippen LogP contribution >= 0.6 is 34.4 Å². The van der Waals surface area contributed by atoms with Crippen LogP contribution in [-0.2, 0) is 4.79 Å². The summed E-state index contributed by atoms with van der Waals surface area (Å²) in [6.45, 7) is 0. The Bertz CT molecular complexity index is 782. The van der Waals surface area contributed by atoms with E-state index in [4.69, 9.17) is 0 Å².